The second-order valence-corrected chi connectivity index (χ2v) is 7.47. The highest BCUT2D eigenvalue weighted by atomic mass is 16.6. The van der Waals surface area contributed by atoms with E-state index in [0.29, 0.717) is 35.9 Å². The lowest BCUT2D eigenvalue weighted by molar-refractivity contribution is -0.386. The lowest BCUT2D eigenvalue weighted by atomic mass is 10.1. The first kappa shape index (κ1) is 21.0. The molecule has 2 heterocycles. The average molecular weight is 430 g/mol. The SMILES string of the molecule is Cc1nn(Cc2ccc(C(=O)Nc3ccn(Cc4ccccc4)n3)cc2)c(C)c1[N+](=O)[O-]. The lowest BCUT2D eigenvalue weighted by Crippen LogP contribution is -2.13. The molecular formula is C23H22N6O3. The first-order valence-corrected chi connectivity index (χ1v) is 10.1. The van der Waals surface area contributed by atoms with E-state index >= 15 is 0 Å². The summed E-state index contributed by atoms with van der Waals surface area (Å²) in [5.41, 5.74) is 3.42. The van der Waals surface area contributed by atoms with Gasteiger partial charge in [-0.15, -0.1) is 0 Å². The fourth-order valence-electron chi connectivity index (χ4n) is 3.52. The molecule has 0 unspecified atom stereocenters. The Balaban J connectivity index is 1.40. The molecule has 1 N–H and O–H groups in total. The van der Waals surface area contributed by atoms with E-state index in [9.17, 15) is 14.9 Å². The smallest absolute Gasteiger partial charge is 0.305 e. The van der Waals surface area contributed by atoms with Crippen LogP contribution in [0.1, 0.15) is 32.9 Å². The van der Waals surface area contributed by atoms with Crippen LogP contribution in [-0.4, -0.2) is 30.4 Å². The van der Waals surface area contributed by atoms with Gasteiger partial charge < -0.3 is 5.32 Å². The minimum absolute atomic E-state index is 0.0349. The molecule has 0 spiro atoms. The molecule has 0 aliphatic rings. The van der Waals surface area contributed by atoms with E-state index in [-0.39, 0.29) is 11.6 Å². The Hall–Kier alpha value is -4.27. The van der Waals surface area contributed by atoms with Crippen LogP contribution in [0.25, 0.3) is 0 Å². The van der Waals surface area contributed by atoms with Crippen molar-refractivity contribution >= 4 is 17.4 Å². The molecule has 32 heavy (non-hydrogen) atoms. The molecule has 2 aromatic heterocycles. The number of amides is 1. The number of hydrogen-bond acceptors (Lipinski definition) is 5. The summed E-state index contributed by atoms with van der Waals surface area (Å²) >= 11 is 0. The number of anilines is 1. The molecular weight excluding hydrogens is 408 g/mol. The summed E-state index contributed by atoms with van der Waals surface area (Å²) in [7, 11) is 0. The number of carbonyl (C=O) groups excluding carboxylic acids is 1. The van der Waals surface area contributed by atoms with Crippen molar-refractivity contribution in [2.75, 3.05) is 5.32 Å². The van der Waals surface area contributed by atoms with Gasteiger partial charge in [-0.25, -0.2) is 0 Å². The highest BCUT2D eigenvalue weighted by molar-refractivity contribution is 6.03. The Kier molecular flexibility index (Phi) is 5.80. The molecule has 0 atom stereocenters. The van der Waals surface area contributed by atoms with E-state index in [1.165, 1.54) is 0 Å². The lowest BCUT2D eigenvalue weighted by Gasteiger charge is -2.06. The van der Waals surface area contributed by atoms with Gasteiger partial charge in [0, 0.05) is 17.8 Å². The number of nitrogens with one attached hydrogen (secondary N) is 1. The van der Waals surface area contributed by atoms with Crippen molar-refractivity contribution in [1.82, 2.24) is 19.6 Å². The Morgan fingerprint density at radius 3 is 2.31 bits per heavy atom. The van der Waals surface area contributed by atoms with Crippen LogP contribution >= 0.6 is 0 Å². The summed E-state index contributed by atoms with van der Waals surface area (Å²) in [6.07, 6.45) is 1.82. The van der Waals surface area contributed by atoms with Crippen LogP contribution in [-0.2, 0) is 13.1 Å². The highest BCUT2D eigenvalue weighted by Gasteiger charge is 2.21. The summed E-state index contributed by atoms with van der Waals surface area (Å²) < 4.78 is 3.36. The van der Waals surface area contributed by atoms with Crippen molar-refractivity contribution < 1.29 is 9.72 Å². The van der Waals surface area contributed by atoms with Crippen LogP contribution in [0.3, 0.4) is 0 Å². The minimum Gasteiger partial charge on any atom is -0.305 e. The number of hydrogen-bond donors (Lipinski definition) is 1. The third kappa shape index (κ3) is 4.56. The number of rotatable bonds is 7. The molecule has 4 aromatic rings. The Morgan fingerprint density at radius 2 is 1.66 bits per heavy atom. The van der Waals surface area contributed by atoms with E-state index in [1.54, 1.807) is 41.4 Å². The number of carbonyl (C=O) groups is 1. The fraction of sp³-hybridized carbons (Fsp3) is 0.174. The zero-order chi connectivity index (χ0) is 22.7. The summed E-state index contributed by atoms with van der Waals surface area (Å²) in [5, 5.41) is 22.6. The van der Waals surface area contributed by atoms with Crippen molar-refractivity contribution in [1.29, 1.82) is 0 Å². The maximum atomic E-state index is 12.6. The van der Waals surface area contributed by atoms with Gasteiger partial charge >= 0.3 is 5.69 Å². The first-order chi connectivity index (χ1) is 15.4. The van der Waals surface area contributed by atoms with E-state index in [0.717, 1.165) is 11.1 Å². The number of nitrogens with zero attached hydrogens (tertiary/aromatic N) is 5. The van der Waals surface area contributed by atoms with Crippen molar-refractivity contribution in [2.45, 2.75) is 26.9 Å². The average Bonchev–Trinajstić information content (AvgIpc) is 3.32. The van der Waals surface area contributed by atoms with Gasteiger partial charge in [0.15, 0.2) is 5.82 Å². The molecule has 0 bridgehead atoms. The van der Waals surface area contributed by atoms with Gasteiger partial charge in [0.05, 0.1) is 18.0 Å². The van der Waals surface area contributed by atoms with Crippen LogP contribution in [0.2, 0.25) is 0 Å². The van der Waals surface area contributed by atoms with Crippen LogP contribution in [0, 0.1) is 24.0 Å². The quantitative estimate of drug-likeness (QED) is 0.353. The summed E-state index contributed by atoms with van der Waals surface area (Å²) in [4.78, 5) is 23.3. The molecule has 0 saturated heterocycles. The Morgan fingerprint density at radius 1 is 0.969 bits per heavy atom. The minimum atomic E-state index is -0.414. The molecule has 0 fully saturated rings. The van der Waals surface area contributed by atoms with Crippen molar-refractivity contribution in [3.05, 3.63) is 105 Å². The normalized spacial score (nSPS) is 10.8. The zero-order valence-electron chi connectivity index (χ0n) is 17.7. The molecule has 1 amide bonds. The summed E-state index contributed by atoms with van der Waals surface area (Å²) in [5.74, 6) is 0.216. The van der Waals surface area contributed by atoms with Gasteiger partial charge in [0.25, 0.3) is 5.91 Å². The molecule has 0 aliphatic carbocycles. The largest absolute Gasteiger partial charge is 0.312 e. The van der Waals surface area contributed by atoms with E-state index < -0.39 is 4.92 Å². The predicted octanol–water partition coefficient (Wildman–Crippen LogP) is 3.95. The highest BCUT2D eigenvalue weighted by Crippen LogP contribution is 2.22. The van der Waals surface area contributed by atoms with Gasteiger partial charge in [-0.05, 0) is 37.1 Å². The van der Waals surface area contributed by atoms with Crippen LogP contribution in [0.5, 0.6) is 0 Å². The van der Waals surface area contributed by atoms with Crippen molar-refractivity contribution in [3.63, 3.8) is 0 Å². The number of aromatic nitrogens is 4. The maximum Gasteiger partial charge on any atom is 0.312 e. The zero-order valence-corrected chi connectivity index (χ0v) is 17.7. The Labute approximate surface area is 184 Å². The van der Waals surface area contributed by atoms with Gasteiger partial charge in [-0.3, -0.25) is 24.3 Å². The van der Waals surface area contributed by atoms with E-state index in [4.69, 9.17) is 0 Å². The van der Waals surface area contributed by atoms with Crippen molar-refractivity contribution in [2.24, 2.45) is 0 Å². The third-order valence-corrected chi connectivity index (χ3v) is 5.14. The topological polar surface area (TPSA) is 108 Å². The Bertz CT molecular complexity index is 1260. The van der Waals surface area contributed by atoms with Crippen molar-refractivity contribution in [3.8, 4) is 0 Å². The molecule has 2 aromatic carbocycles. The maximum absolute atomic E-state index is 12.6. The third-order valence-electron chi connectivity index (χ3n) is 5.14. The second kappa shape index (κ2) is 8.84. The molecule has 162 valence electrons. The first-order valence-electron chi connectivity index (χ1n) is 10.1. The van der Waals surface area contributed by atoms with E-state index in [1.807, 2.05) is 48.7 Å². The fourth-order valence-corrected chi connectivity index (χ4v) is 3.52. The molecule has 0 saturated carbocycles. The molecule has 0 aliphatic heterocycles. The number of benzene rings is 2. The van der Waals surface area contributed by atoms with Crippen LogP contribution < -0.4 is 5.32 Å². The van der Waals surface area contributed by atoms with Gasteiger partial charge in [-0.1, -0.05) is 42.5 Å². The van der Waals surface area contributed by atoms with Crippen LogP contribution in [0.4, 0.5) is 11.5 Å². The second-order valence-electron chi connectivity index (χ2n) is 7.47. The monoisotopic (exact) mass is 430 g/mol. The summed E-state index contributed by atoms with van der Waals surface area (Å²) in [6.45, 7) is 4.30. The molecule has 9 heteroatoms. The van der Waals surface area contributed by atoms with Crippen LogP contribution in [0.15, 0.2) is 66.9 Å². The predicted molar refractivity (Wildman–Crippen MR) is 120 cm³/mol. The van der Waals surface area contributed by atoms with Gasteiger partial charge in [0.2, 0.25) is 0 Å². The van der Waals surface area contributed by atoms with Gasteiger partial charge in [-0.2, -0.15) is 10.2 Å². The molecule has 4 rings (SSSR count). The van der Waals surface area contributed by atoms with E-state index in [2.05, 4.69) is 15.5 Å². The van der Waals surface area contributed by atoms with Gasteiger partial charge in [0.1, 0.15) is 11.4 Å². The number of aryl methyl sites for hydroxylation is 1. The number of nitro groups is 1. The molecule has 9 nitrogen and oxygen atoms in total. The summed E-state index contributed by atoms with van der Waals surface area (Å²) in [6, 6.07) is 18.8. The standard InChI is InChI=1S/C23H22N6O3/c1-16-22(29(31)32)17(2)28(25-16)15-19-8-10-20(11-9-19)23(30)24-21-12-13-27(26-21)14-18-6-4-3-5-7-18/h3-13H,14-15H2,1-2H3,(H,24,26,30). The molecule has 0 radical (unpaired) electrons.